The van der Waals surface area contributed by atoms with Crippen molar-refractivity contribution in [1.82, 2.24) is 29.6 Å². The fourth-order valence-electron chi connectivity index (χ4n) is 4.08. The molecule has 0 aliphatic carbocycles. The molecule has 0 radical (unpaired) electrons. The van der Waals surface area contributed by atoms with Gasteiger partial charge in [0.05, 0.1) is 24.6 Å². The van der Waals surface area contributed by atoms with E-state index in [1.54, 1.807) is 35.3 Å². The molecule has 1 aliphatic rings. The molecule has 4 aromatic rings. The van der Waals surface area contributed by atoms with Crippen LogP contribution in [0.3, 0.4) is 0 Å². The number of rotatable bonds is 5. The van der Waals surface area contributed by atoms with Crippen LogP contribution in [0.2, 0.25) is 0 Å². The third kappa shape index (κ3) is 4.22. The molecule has 5 rings (SSSR count). The van der Waals surface area contributed by atoms with Gasteiger partial charge in [-0.15, -0.1) is 0 Å². The number of pyridine rings is 1. The molecule has 0 N–H and O–H groups in total. The van der Waals surface area contributed by atoms with Crippen LogP contribution in [0.4, 0.5) is 10.2 Å². The SMILES string of the molecule is COc1cccc(F)c1-c1nccc(-c2cnn(-c3cccc(N4CCN(C)[C@H](C)C4)n3)c2)n1. The molecule has 1 saturated heterocycles. The van der Waals surface area contributed by atoms with Crippen LogP contribution in [0.15, 0.2) is 61.1 Å². The van der Waals surface area contributed by atoms with Gasteiger partial charge in [0.2, 0.25) is 0 Å². The molecule has 0 spiro atoms. The largest absolute Gasteiger partial charge is 0.496 e. The van der Waals surface area contributed by atoms with Crippen molar-refractivity contribution in [3.05, 3.63) is 66.9 Å². The third-order valence-electron chi connectivity index (χ3n) is 6.19. The minimum Gasteiger partial charge on any atom is -0.496 e. The minimum absolute atomic E-state index is 0.231. The van der Waals surface area contributed by atoms with Gasteiger partial charge in [-0.2, -0.15) is 5.10 Å². The zero-order valence-corrected chi connectivity index (χ0v) is 19.4. The highest BCUT2D eigenvalue weighted by Crippen LogP contribution is 2.31. The molecular formula is C25H26FN7O. The third-order valence-corrected chi connectivity index (χ3v) is 6.19. The summed E-state index contributed by atoms with van der Waals surface area (Å²) in [5, 5.41) is 4.50. The number of hydrogen-bond acceptors (Lipinski definition) is 7. The second-order valence-electron chi connectivity index (χ2n) is 8.39. The van der Waals surface area contributed by atoms with E-state index in [-0.39, 0.29) is 11.4 Å². The first kappa shape index (κ1) is 22.0. The number of anilines is 1. The maximum atomic E-state index is 14.5. The molecular weight excluding hydrogens is 433 g/mol. The molecule has 3 aromatic heterocycles. The first-order chi connectivity index (χ1) is 16.5. The van der Waals surface area contributed by atoms with Crippen LogP contribution in [0.25, 0.3) is 28.5 Å². The Bertz CT molecular complexity index is 1310. The van der Waals surface area contributed by atoms with E-state index in [2.05, 4.69) is 38.8 Å². The molecule has 1 aliphatic heterocycles. The van der Waals surface area contributed by atoms with Gasteiger partial charge in [-0.05, 0) is 44.3 Å². The van der Waals surface area contributed by atoms with Gasteiger partial charge in [0.25, 0.3) is 0 Å². The second kappa shape index (κ2) is 9.18. The van der Waals surface area contributed by atoms with Crippen molar-refractivity contribution in [2.75, 3.05) is 38.7 Å². The predicted octanol–water partition coefficient (Wildman–Crippen LogP) is 3.68. The van der Waals surface area contributed by atoms with Gasteiger partial charge in [-0.25, -0.2) is 24.0 Å². The molecule has 4 heterocycles. The van der Waals surface area contributed by atoms with Crippen molar-refractivity contribution in [3.63, 3.8) is 0 Å². The number of ether oxygens (including phenoxy) is 1. The van der Waals surface area contributed by atoms with E-state index in [4.69, 9.17) is 9.72 Å². The van der Waals surface area contributed by atoms with Crippen molar-refractivity contribution in [3.8, 4) is 34.2 Å². The average Bonchev–Trinajstić information content (AvgIpc) is 3.36. The molecule has 34 heavy (non-hydrogen) atoms. The Kier molecular flexibility index (Phi) is 5.93. The summed E-state index contributed by atoms with van der Waals surface area (Å²) in [6.07, 6.45) is 5.19. The van der Waals surface area contributed by atoms with Crippen molar-refractivity contribution in [2.45, 2.75) is 13.0 Å². The van der Waals surface area contributed by atoms with E-state index in [0.29, 0.717) is 17.5 Å². The van der Waals surface area contributed by atoms with Crippen LogP contribution in [0, 0.1) is 5.82 Å². The van der Waals surface area contributed by atoms with E-state index in [9.17, 15) is 4.39 Å². The Labute approximate surface area is 197 Å². The van der Waals surface area contributed by atoms with Crippen LogP contribution in [0.1, 0.15) is 6.92 Å². The molecule has 0 saturated carbocycles. The van der Waals surface area contributed by atoms with Gasteiger partial charge in [-0.3, -0.25) is 0 Å². The van der Waals surface area contributed by atoms with Crippen molar-refractivity contribution in [2.24, 2.45) is 0 Å². The molecule has 8 nitrogen and oxygen atoms in total. The summed E-state index contributed by atoms with van der Waals surface area (Å²) in [4.78, 5) is 18.3. The lowest BCUT2D eigenvalue weighted by Gasteiger charge is -2.38. The van der Waals surface area contributed by atoms with Gasteiger partial charge in [0, 0.05) is 43.6 Å². The number of benzene rings is 1. The Hall–Kier alpha value is -3.85. The van der Waals surface area contributed by atoms with Crippen molar-refractivity contribution < 1.29 is 9.13 Å². The molecule has 0 bridgehead atoms. The summed E-state index contributed by atoms with van der Waals surface area (Å²) >= 11 is 0. The van der Waals surface area contributed by atoms with Crippen molar-refractivity contribution >= 4 is 5.82 Å². The topological polar surface area (TPSA) is 72.2 Å². The van der Waals surface area contributed by atoms with E-state index in [1.165, 1.54) is 13.2 Å². The molecule has 1 atom stereocenters. The lowest BCUT2D eigenvalue weighted by atomic mass is 10.1. The summed E-state index contributed by atoms with van der Waals surface area (Å²) in [6, 6.07) is 12.8. The van der Waals surface area contributed by atoms with E-state index >= 15 is 0 Å². The van der Waals surface area contributed by atoms with Crippen LogP contribution >= 0.6 is 0 Å². The van der Waals surface area contributed by atoms with Gasteiger partial charge in [0.15, 0.2) is 11.6 Å². The molecule has 0 amide bonds. The molecule has 174 valence electrons. The van der Waals surface area contributed by atoms with Crippen LogP contribution < -0.4 is 9.64 Å². The quantitative estimate of drug-likeness (QED) is 0.451. The highest BCUT2D eigenvalue weighted by Gasteiger charge is 2.22. The Balaban J connectivity index is 1.43. The summed E-state index contributed by atoms with van der Waals surface area (Å²) in [5.74, 6) is 1.86. The van der Waals surface area contributed by atoms with Crippen molar-refractivity contribution in [1.29, 1.82) is 0 Å². The number of likely N-dealkylation sites (N-methyl/N-ethyl adjacent to an activating group) is 1. The summed E-state index contributed by atoms with van der Waals surface area (Å²) in [7, 11) is 3.65. The second-order valence-corrected chi connectivity index (χ2v) is 8.39. The lowest BCUT2D eigenvalue weighted by Crippen LogP contribution is -2.50. The fourth-order valence-corrected chi connectivity index (χ4v) is 4.08. The predicted molar refractivity (Wildman–Crippen MR) is 129 cm³/mol. The molecule has 0 unspecified atom stereocenters. The van der Waals surface area contributed by atoms with Crippen LogP contribution in [-0.4, -0.2) is 69.5 Å². The first-order valence-electron chi connectivity index (χ1n) is 11.2. The molecule has 1 fully saturated rings. The normalized spacial score (nSPS) is 16.6. The van der Waals surface area contributed by atoms with E-state index in [1.807, 2.05) is 24.4 Å². The van der Waals surface area contributed by atoms with E-state index in [0.717, 1.165) is 36.8 Å². The number of piperazine rings is 1. The number of nitrogens with zero attached hydrogens (tertiary/aromatic N) is 7. The first-order valence-corrected chi connectivity index (χ1v) is 11.2. The Morgan fingerprint density at radius 1 is 1.03 bits per heavy atom. The standard InChI is InChI=1S/C25H26FN7O/c1-17-15-32(13-12-31(17)2)22-8-5-9-23(30-22)33-16-18(14-28-33)20-10-11-27-25(29-20)24-19(26)6-4-7-21(24)34-3/h4-11,14,16-17H,12-13,15H2,1-3H3/t17-/m1/s1. The lowest BCUT2D eigenvalue weighted by molar-refractivity contribution is 0.233. The minimum atomic E-state index is -0.438. The van der Waals surface area contributed by atoms with Gasteiger partial charge < -0.3 is 14.5 Å². The monoisotopic (exact) mass is 459 g/mol. The maximum Gasteiger partial charge on any atom is 0.166 e. The Morgan fingerprint density at radius 3 is 2.68 bits per heavy atom. The average molecular weight is 460 g/mol. The summed E-state index contributed by atoms with van der Waals surface area (Å²) < 4.78 is 21.6. The number of aromatic nitrogens is 5. The maximum absolute atomic E-state index is 14.5. The number of hydrogen-bond donors (Lipinski definition) is 0. The summed E-state index contributed by atoms with van der Waals surface area (Å²) in [6.45, 7) is 5.09. The van der Waals surface area contributed by atoms with Crippen LogP contribution in [0.5, 0.6) is 5.75 Å². The smallest absolute Gasteiger partial charge is 0.166 e. The highest BCUT2D eigenvalue weighted by atomic mass is 19.1. The molecule has 1 aromatic carbocycles. The zero-order chi connectivity index (χ0) is 23.7. The fraction of sp³-hybridized carbons (Fsp3) is 0.280. The zero-order valence-electron chi connectivity index (χ0n) is 19.4. The van der Waals surface area contributed by atoms with Crippen LogP contribution in [-0.2, 0) is 0 Å². The van der Waals surface area contributed by atoms with Gasteiger partial charge in [0.1, 0.15) is 17.4 Å². The number of halogens is 1. The van der Waals surface area contributed by atoms with Gasteiger partial charge in [-0.1, -0.05) is 12.1 Å². The number of methoxy groups -OCH3 is 1. The Morgan fingerprint density at radius 2 is 1.85 bits per heavy atom. The summed E-state index contributed by atoms with van der Waals surface area (Å²) in [5.41, 5.74) is 1.64. The van der Waals surface area contributed by atoms with E-state index < -0.39 is 5.82 Å². The highest BCUT2D eigenvalue weighted by molar-refractivity contribution is 5.68. The van der Waals surface area contributed by atoms with Gasteiger partial charge >= 0.3 is 0 Å². The molecule has 9 heteroatoms.